The first-order chi connectivity index (χ1) is 8.60. The lowest BCUT2D eigenvalue weighted by Gasteiger charge is -2.06. The highest BCUT2D eigenvalue weighted by atomic mass is 79.9. The molecule has 2 aromatic heterocycles. The van der Waals surface area contributed by atoms with Gasteiger partial charge in [0.15, 0.2) is 11.0 Å². The molecule has 2 heterocycles. The number of hydrazine groups is 1. The SMILES string of the molecule is NNc1ncnc(Sc2nc(N)cc(=O)[nH]2)c1Br. The maximum Gasteiger partial charge on any atom is 0.253 e. The highest BCUT2D eigenvalue weighted by Crippen LogP contribution is 2.32. The normalized spacial score (nSPS) is 10.3. The predicted octanol–water partition coefficient (Wildman–Crippen LogP) is 0.341. The minimum absolute atomic E-state index is 0.142. The van der Waals surface area contributed by atoms with E-state index in [-0.39, 0.29) is 11.4 Å². The number of hydrogen-bond acceptors (Lipinski definition) is 8. The van der Waals surface area contributed by atoms with Gasteiger partial charge >= 0.3 is 0 Å². The molecule has 0 fully saturated rings. The molecule has 0 bridgehead atoms. The average molecular weight is 330 g/mol. The van der Waals surface area contributed by atoms with E-state index < -0.39 is 0 Å². The third-order valence-corrected chi connectivity index (χ3v) is 3.73. The molecule has 10 heteroatoms. The highest BCUT2D eigenvalue weighted by Gasteiger charge is 2.11. The first-order valence-corrected chi connectivity index (χ1v) is 6.23. The Hall–Kier alpha value is -1.65. The van der Waals surface area contributed by atoms with Crippen LogP contribution in [0.15, 0.2) is 31.8 Å². The summed E-state index contributed by atoms with van der Waals surface area (Å²) in [6.45, 7) is 0. The number of rotatable bonds is 3. The smallest absolute Gasteiger partial charge is 0.253 e. The van der Waals surface area contributed by atoms with Crippen molar-refractivity contribution < 1.29 is 0 Å². The van der Waals surface area contributed by atoms with Crippen molar-refractivity contribution in [3.63, 3.8) is 0 Å². The number of hydrogen-bond donors (Lipinski definition) is 4. The Labute approximate surface area is 114 Å². The third-order valence-electron chi connectivity index (χ3n) is 1.83. The summed E-state index contributed by atoms with van der Waals surface area (Å²) in [6, 6.07) is 1.20. The van der Waals surface area contributed by atoms with Crippen molar-refractivity contribution in [1.82, 2.24) is 19.9 Å². The Morgan fingerprint density at radius 2 is 2.22 bits per heavy atom. The summed E-state index contributed by atoms with van der Waals surface area (Å²) < 4.78 is 0.572. The van der Waals surface area contributed by atoms with Crippen molar-refractivity contribution in [2.75, 3.05) is 11.2 Å². The third kappa shape index (κ3) is 2.78. The summed E-state index contributed by atoms with van der Waals surface area (Å²) in [5.41, 5.74) is 7.58. The molecule has 8 nitrogen and oxygen atoms in total. The molecule has 0 aliphatic carbocycles. The van der Waals surface area contributed by atoms with Crippen LogP contribution in [0.4, 0.5) is 11.6 Å². The molecule has 0 aliphatic heterocycles. The summed E-state index contributed by atoms with van der Waals surface area (Å²) in [5.74, 6) is 5.86. The molecule has 0 saturated carbocycles. The largest absolute Gasteiger partial charge is 0.383 e. The second kappa shape index (κ2) is 5.33. The molecule has 0 aromatic carbocycles. The maximum absolute atomic E-state index is 11.2. The molecule has 0 amide bonds. The van der Waals surface area contributed by atoms with Crippen LogP contribution in [0.5, 0.6) is 0 Å². The average Bonchev–Trinajstić information content (AvgIpc) is 2.30. The van der Waals surface area contributed by atoms with Crippen LogP contribution in [0.2, 0.25) is 0 Å². The monoisotopic (exact) mass is 329 g/mol. The zero-order valence-corrected chi connectivity index (χ0v) is 11.2. The fourth-order valence-corrected chi connectivity index (χ4v) is 2.45. The van der Waals surface area contributed by atoms with Gasteiger partial charge in [-0.1, -0.05) is 0 Å². The van der Waals surface area contributed by atoms with Gasteiger partial charge in [-0.15, -0.1) is 0 Å². The summed E-state index contributed by atoms with van der Waals surface area (Å²) in [6.07, 6.45) is 1.34. The summed E-state index contributed by atoms with van der Waals surface area (Å²) >= 11 is 4.43. The van der Waals surface area contributed by atoms with Crippen LogP contribution in [0.3, 0.4) is 0 Å². The van der Waals surface area contributed by atoms with Gasteiger partial charge < -0.3 is 16.1 Å². The minimum atomic E-state index is -0.327. The second-order valence-electron chi connectivity index (χ2n) is 3.06. The molecule has 0 unspecified atom stereocenters. The second-order valence-corrected chi connectivity index (χ2v) is 4.83. The Kier molecular flexibility index (Phi) is 3.79. The number of halogens is 1. The number of nitrogen functional groups attached to an aromatic ring is 2. The maximum atomic E-state index is 11.2. The molecule has 0 aliphatic rings. The van der Waals surface area contributed by atoms with Gasteiger partial charge in [-0.2, -0.15) is 0 Å². The van der Waals surface area contributed by atoms with E-state index in [0.717, 1.165) is 11.8 Å². The van der Waals surface area contributed by atoms with E-state index in [4.69, 9.17) is 11.6 Å². The lowest BCUT2D eigenvalue weighted by atomic mass is 10.6. The van der Waals surface area contributed by atoms with Gasteiger partial charge in [0.05, 0.1) is 4.47 Å². The molecule has 0 saturated heterocycles. The zero-order valence-electron chi connectivity index (χ0n) is 8.85. The standard InChI is InChI=1S/C8H8BrN7OS/c9-5-6(16-11)12-2-13-7(5)18-8-14-3(10)1-4(17)15-8/h1-2H,11H2,(H,12,13,16)(H3,10,14,15,17). The quantitative estimate of drug-likeness (QED) is 0.274. The molecule has 0 spiro atoms. The van der Waals surface area contributed by atoms with Crippen molar-refractivity contribution >= 4 is 39.3 Å². The molecule has 18 heavy (non-hydrogen) atoms. The summed E-state index contributed by atoms with van der Waals surface area (Å²) in [7, 11) is 0. The molecule has 0 radical (unpaired) electrons. The fourth-order valence-electron chi connectivity index (χ4n) is 1.12. The zero-order chi connectivity index (χ0) is 13.1. The van der Waals surface area contributed by atoms with Gasteiger partial charge in [-0.3, -0.25) is 4.79 Å². The van der Waals surface area contributed by atoms with Crippen molar-refractivity contribution in [3.05, 3.63) is 27.2 Å². The van der Waals surface area contributed by atoms with E-state index in [1.54, 1.807) is 0 Å². The summed E-state index contributed by atoms with van der Waals surface area (Å²) in [5, 5.41) is 0.883. The van der Waals surface area contributed by atoms with Crippen LogP contribution in [0.25, 0.3) is 0 Å². The predicted molar refractivity (Wildman–Crippen MR) is 70.9 cm³/mol. The minimum Gasteiger partial charge on any atom is -0.383 e. The van der Waals surface area contributed by atoms with Gasteiger partial charge in [0.2, 0.25) is 0 Å². The van der Waals surface area contributed by atoms with Crippen LogP contribution < -0.4 is 22.6 Å². The van der Waals surface area contributed by atoms with E-state index in [1.807, 2.05) is 0 Å². The molecular weight excluding hydrogens is 322 g/mol. The topological polar surface area (TPSA) is 136 Å². The van der Waals surface area contributed by atoms with Gasteiger partial charge in [0.1, 0.15) is 17.2 Å². The van der Waals surface area contributed by atoms with Crippen LogP contribution in [-0.4, -0.2) is 19.9 Å². The van der Waals surface area contributed by atoms with Crippen LogP contribution in [0.1, 0.15) is 0 Å². The molecule has 2 rings (SSSR count). The fraction of sp³-hybridized carbons (Fsp3) is 0. The van der Waals surface area contributed by atoms with Crippen molar-refractivity contribution in [1.29, 1.82) is 0 Å². The molecule has 2 aromatic rings. The van der Waals surface area contributed by atoms with Gasteiger partial charge in [0, 0.05) is 6.07 Å². The number of H-pyrrole nitrogens is 1. The molecule has 0 atom stereocenters. The molecule has 94 valence electrons. The van der Waals surface area contributed by atoms with Crippen molar-refractivity contribution in [2.45, 2.75) is 10.2 Å². The van der Waals surface area contributed by atoms with Gasteiger partial charge in [-0.25, -0.2) is 20.8 Å². The van der Waals surface area contributed by atoms with Gasteiger partial charge in [-0.05, 0) is 27.7 Å². The van der Waals surface area contributed by atoms with Crippen LogP contribution >= 0.6 is 27.7 Å². The summed E-state index contributed by atoms with van der Waals surface area (Å²) in [4.78, 5) is 25.7. The molecular formula is C8H8BrN7OS. The number of aromatic nitrogens is 4. The first kappa shape index (κ1) is 12.8. The lowest BCUT2D eigenvalue weighted by Crippen LogP contribution is -2.11. The van der Waals surface area contributed by atoms with Crippen LogP contribution in [0, 0.1) is 0 Å². The Morgan fingerprint density at radius 3 is 2.89 bits per heavy atom. The Balaban J connectivity index is 2.37. The Morgan fingerprint density at radius 1 is 1.44 bits per heavy atom. The Bertz CT molecular complexity index is 631. The van der Waals surface area contributed by atoms with E-state index >= 15 is 0 Å². The van der Waals surface area contributed by atoms with Crippen molar-refractivity contribution in [2.24, 2.45) is 5.84 Å². The number of nitrogens with zero attached hydrogens (tertiary/aromatic N) is 3. The van der Waals surface area contributed by atoms with E-state index in [1.165, 1.54) is 12.4 Å². The number of nitrogens with two attached hydrogens (primary N) is 2. The van der Waals surface area contributed by atoms with Crippen molar-refractivity contribution in [3.8, 4) is 0 Å². The van der Waals surface area contributed by atoms with E-state index in [9.17, 15) is 4.79 Å². The highest BCUT2D eigenvalue weighted by molar-refractivity contribution is 9.10. The molecule has 6 N–H and O–H groups in total. The number of anilines is 2. The van der Waals surface area contributed by atoms with E-state index in [0.29, 0.717) is 20.5 Å². The first-order valence-electron chi connectivity index (χ1n) is 4.62. The lowest BCUT2D eigenvalue weighted by molar-refractivity contribution is 0.934. The van der Waals surface area contributed by atoms with E-state index in [2.05, 4.69) is 41.3 Å². The number of nitrogens with one attached hydrogen (secondary N) is 2. The van der Waals surface area contributed by atoms with Gasteiger partial charge in [0.25, 0.3) is 5.56 Å². The number of aromatic amines is 1. The van der Waals surface area contributed by atoms with Crippen LogP contribution in [-0.2, 0) is 0 Å².